The molecule has 1 aliphatic heterocycles. The van der Waals surface area contributed by atoms with Crippen molar-refractivity contribution >= 4 is 34.4 Å². The number of benzene rings is 2. The minimum absolute atomic E-state index is 0.0156. The van der Waals surface area contributed by atoms with Crippen LogP contribution in [-0.2, 0) is 21.7 Å². The summed E-state index contributed by atoms with van der Waals surface area (Å²) in [6, 6.07) is 9.17. The molecule has 0 saturated carbocycles. The van der Waals surface area contributed by atoms with Gasteiger partial charge in [-0.05, 0) is 0 Å². The fourth-order valence-corrected chi connectivity index (χ4v) is 6.26. The first-order chi connectivity index (χ1) is 17.3. The van der Waals surface area contributed by atoms with Crippen LogP contribution in [0, 0.1) is 0 Å². The monoisotopic (exact) mass is 624 g/mol. The van der Waals surface area contributed by atoms with E-state index in [0.29, 0.717) is 6.54 Å². The molecule has 2 aromatic carbocycles. The number of hydrogen-bond donors (Lipinski definition) is 0. The van der Waals surface area contributed by atoms with Gasteiger partial charge in [-0.1, -0.05) is 0 Å². The molecule has 0 aliphatic carbocycles. The van der Waals surface area contributed by atoms with Crippen LogP contribution in [0.3, 0.4) is 0 Å². The quantitative estimate of drug-likeness (QED) is 0.279. The van der Waals surface area contributed by atoms with Crippen LogP contribution in [0.15, 0.2) is 34.3 Å². The summed E-state index contributed by atoms with van der Waals surface area (Å²) < 4.78 is 13.4. The van der Waals surface area contributed by atoms with Crippen molar-refractivity contribution in [3.8, 4) is 11.5 Å². The fourth-order valence-electron chi connectivity index (χ4n) is 4.36. The molecule has 1 atom stereocenters. The summed E-state index contributed by atoms with van der Waals surface area (Å²) in [5.74, 6) is 1.83. The van der Waals surface area contributed by atoms with Gasteiger partial charge in [0.15, 0.2) is 0 Å². The average molecular weight is 623 g/mol. The van der Waals surface area contributed by atoms with Crippen molar-refractivity contribution < 1.29 is 6.15 Å². The van der Waals surface area contributed by atoms with Crippen LogP contribution >= 0.6 is 0 Å². The second kappa shape index (κ2) is 11.0. The summed E-state index contributed by atoms with van der Waals surface area (Å²) in [6.07, 6.45) is 3.97. The molecule has 1 unspecified atom stereocenters. The van der Waals surface area contributed by atoms with Crippen molar-refractivity contribution in [2.75, 3.05) is 6.54 Å². The number of rotatable bonds is 0. The first-order valence-electron chi connectivity index (χ1n) is 13.8. The SMILES string of the molecule is CC1CN=Cc2cc(C(C)(C)C)cc(C(C)(C)C)c2[O][Sn][O]c2c(cc(C(C)(C)C)cc2C(C)(C)C)C=N1. The summed E-state index contributed by atoms with van der Waals surface area (Å²) in [5, 5.41) is 0. The van der Waals surface area contributed by atoms with Crippen molar-refractivity contribution in [1.29, 1.82) is 0 Å². The Hall–Kier alpha value is -1.82. The van der Waals surface area contributed by atoms with E-state index in [4.69, 9.17) is 16.1 Å². The molecule has 0 amide bonds. The molecule has 0 saturated heterocycles. The molecule has 0 spiro atoms. The van der Waals surface area contributed by atoms with Gasteiger partial charge in [0.25, 0.3) is 0 Å². The first kappa shape index (κ1) is 30.7. The zero-order chi connectivity index (χ0) is 28.7. The van der Waals surface area contributed by atoms with E-state index in [1.54, 1.807) is 0 Å². The molecule has 38 heavy (non-hydrogen) atoms. The number of aliphatic imine (C=N–C) groups is 2. The molecular weight excluding hydrogens is 575 g/mol. The Labute approximate surface area is 243 Å². The van der Waals surface area contributed by atoms with Gasteiger partial charge >= 0.3 is 244 Å². The van der Waals surface area contributed by atoms with Crippen LogP contribution in [0.25, 0.3) is 0 Å². The Morgan fingerprint density at radius 3 is 1.45 bits per heavy atom. The van der Waals surface area contributed by atoms with Crippen LogP contribution in [0.5, 0.6) is 11.5 Å². The van der Waals surface area contributed by atoms with Crippen LogP contribution < -0.4 is 6.15 Å². The first-order valence-corrected chi connectivity index (χ1v) is 16.1. The van der Waals surface area contributed by atoms with Crippen LogP contribution in [-0.4, -0.2) is 47.0 Å². The second-order valence-electron chi connectivity index (χ2n) is 14.8. The zero-order valence-electron chi connectivity index (χ0n) is 26.0. The van der Waals surface area contributed by atoms with Crippen LogP contribution in [0.2, 0.25) is 0 Å². The van der Waals surface area contributed by atoms with Crippen LogP contribution in [0.1, 0.15) is 123 Å². The van der Waals surface area contributed by atoms with E-state index in [1.165, 1.54) is 22.3 Å². The van der Waals surface area contributed by atoms with Crippen molar-refractivity contribution in [2.24, 2.45) is 9.98 Å². The molecule has 0 N–H and O–H groups in total. The molecule has 1 heterocycles. The van der Waals surface area contributed by atoms with Gasteiger partial charge in [0.1, 0.15) is 0 Å². The molecular formula is C33H48N2O2Sn. The van der Waals surface area contributed by atoms with E-state index >= 15 is 0 Å². The minimum atomic E-state index is -1.77. The van der Waals surface area contributed by atoms with Crippen molar-refractivity contribution in [3.05, 3.63) is 57.6 Å². The summed E-state index contributed by atoms with van der Waals surface area (Å²) >= 11 is -1.77. The molecule has 5 heteroatoms. The fraction of sp³-hybridized carbons (Fsp3) is 0.576. The van der Waals surface area contributed by atoms with E-state index in [0.717, 1.165) is 22.6 Å². The van der Waals surface area contributed by atoms with Gasteiger partial charge in [0.05, 0.1) is 0 Å². The molecule has 0 bridgehead atoms. The Balaban J connectivity index is 2.22. The summed E-state index contributed by atoms with van der Waals surface area (Å²) in [4.78, 5) is 9.74. The molecule has 0 aromatic heterocycles. The normalized spacial score (nSPS) is 17.3. The maximum atomic E-state index is 6.70. The molecule has 206 valence electrons. The number of hydrogen-bond acceptors (Lipinski definition) is 4. The van der Waals surface area contributed by atoms with E-state index in [1.807, 2.05) is 12.4 Å². The number of nitrogens with zero attached hydrogens (tertiary/aromatic N) is 2. The summed E-state index contributed by atoms with van der Waals surface area (Å²) in [5.41, 5.74) is 6.90. The predicted octanol–water partition coefficient (Wildman–Crippen LogP) is 8.11. The van der Waals surface area contributed by atoms with Crippen molar-refractivity contribution in [3.63, 3.8) is 0 Å². The Morgan fingerprint density at radius 1 is 0.632 bits per heavy atom. The van der Waals surface area contributed by atoms with Crippen molar-refractivity contribution in [2.45, 2.75) is 118 Å². The molecule has 2 aromatic rings. The third-order valence-electron chi connectivity index (χ3n) is 6.94. The molecule has 0 fully saturated rings. The average Bonchev–Trinajstić information content (AvgIpc) is 2.76. The number of fused-ring (bicyclic) bond motifs is 2. The molecule has 2 radical (unpaired) electrons. The van der Waals surface area contributed by atoms with E-state index in [2.05, 4.69) is 114 Å². The Kier molecular flexibility index (Phi) is 8.88. The van der Waals surface area contributed by atoms with Gasteiger partial charge < -0.3 is 0 Å². The summed E-state index contributed by atoms with van der Waals surface area (Å²) in [6.45, 7) is 29.8. The van der Waals surface area contributed by atoms with Gasteiger partial charge in [-0.3, -0.25) is 0 Å². The Morgan fingerprint density at radius 2 is 1.05 bits per heavy atom. The molecule has 3 rings (SSSR count). The third-order valence-corrected chi connectivity index (χ3v) is 8.58. The van der Waals surface area contributed by atoms with E-state index < -0.39 is 22.0 Å². The van der Waals surface area contributed by atoms with Gasteiger partial charge in [0.2, 0.25) is 0 Å². The van der Waals surface area contributed by atoms with E-state index in [9.17, 15) is 0 Å². The molecule has 1 aliphatic rings. The van der Waals surface area contributed by atoms with Gasteiger partial charge in [-0.25, -0.2) is 0 Å². The van der Waals surface area contributed by atoms with Crippen LogP contribution in [0.4, 0.5) is 0 Å². The maximum absolute atomic E-state index is 6.70. The standard InChI is InChI=1S/C33H50N2O2.Sn/c1-21(35-20-23-15-25(31(5,6)7)17-27(29(23)37)33(11,12)13)18-34-19-22-14-24(30(2,3)4)16-26(28(22)36)32(8,9)10;/h14-17,19-21,36-37H,18H2,1-13H3;/q;+2/p-2. The predicted molar refractivity (Wildman–Crippen MR) is 164 cm³/mol. The topological polar surface area (TPSA) is 43.2 Å². The van der Waals surface area contributed by atoms with E-state index in [-0.39, 0.29) is 27.7 Å². The van der Waals surface area contributed by atoms with Gasteiger partial charge in [0, 0.05) is 0 Å². The zero-order valence-corrected chi connectivity index (χ0v) is 28.8. The molecule has 4 nitrogen and oxygen atoms in total. The second-order valence-corrected chi connectivity index (χ2v) is 16.4. The van der Waals surface area contributed by atoms with Gasteiger partial charge in [-0.2, -0.15) is 0 Å². The van der Waals surface area contributed by atoms with Crippen molar-refractivity contribution in [1.82, 2.24) is 0 Å². The van der Waals surface area contributed by atoms with Gasteiger partial charge in [-0.15, -0.1) is 0 Å². The Bertz CT molecular complexity index is 1220. The summed E-state index contributed by atoms with van der Waals surface area (Å²) in [7, 11) is 0. The third kappa shape index (κ3) is 7.43.